The molecule has 2 aromatic rings. The van der Waals surface area contributed by atoms with Crippen LogP contribution in [0.15, 0.2) is 53.7 Å². The van der Waals surface area contributed by atoms with Crippen LogP contribution in [-0.2, 0) is 10.0 Å². The van der Waals surface area contributed by atoms with Gasteiger partial charge < -0.3 is 4.90 Å². The zero-order valence-corrected chi connectivity index (χ0v) is 13.1. The predicted octanol–water partition coefficient (Wildman–Crippen LogP) is 1.56. The number of carbonyl (C=O) groups excluding carboxylic acids is 1. The molecular formula is C15H17N3O3S. The maximum atomic E-state index is 12.4. The normalized spacial score (nSPS) is 12.7. The van der Waals surface area contributed by atoms with E-state index >= 15 is 0 Å². The molecule has 0 aliphatic rings. The van der Waals surface area contributed by atoms with Gasteiger partial charge >= 0.3 is 0 Å². The van der Waals surface area contributed by atoms with Gasteiger partial charge in [-0.25, -0.2) is 13.6 Å². The molecule has 0 fully saturated rings. The van der Waals surface area contributed by atoms with Crippen LogP contribution in [0.3, 0.4) is 0 Å². The first-order valence-corrected chi connectivity index (χ1v) is 8.15. The summed E-state index contributed by atoms with van der Waals surface area (Å²) in [6.07, 6.45) is 3.11. The van der Waals surface area contributed by atoms with Crippen molar-refractivity contribution in [3.8, 4) is 0 Å². The van der Waals surface area contributed by atoms with E-state index in [-0.39, 0.29) is 16.8 Å². The first-order chi connectivity index (χ1) is 10.3. The molecule has 116 valence electrons. The van der Waals surface area contributed by atoms with Crippen LogP contribution < -0.4 is 5.14 Å². The fourth-order valence-corrected chi connectivity index (χ4v) is 2.54. The third-order valence-corrected chi connectivity index (χ3v) is 4.43. The molecule has 0 aliphatic heterocycles. The second-order valence-electron chi connectivity index (χ2n) is 4.95. The lowest BCUT2D eigenvalue weighted by Crippen LogP contribution is -2.29. The maximum absolute atomic E-state index is 12.4. The van der Waals surface area contributed by atoms with Crippen molar-refractivity contribution in [2.24, 2.45) is 5.14 Å². The average molecular weight is 319 g/mol. The molecule has 1 amide bonds. The molecular weight excluding hydrogens is 302 g/mol. The van der Waals surface area contributed by atoms with Gasteiger partial charge in [-0.3, -0.25) is 9.78 Å². The van der Waals surface area contributed by atoms with Gasteiger partial charge in [-0.1, -0.05) is 12.1 Å². The van der Waals surface area contributed by atoms with Gasteiger partial charge in [-0.05, 0) is 36.8 Å². The lowest BCUT2D eigenvalue weighted by atomic mass is 10.1. The summed E-state index contributed by atoms with van der Waals surface area (Å²) in [6, 6.07) is 9.35. The molecule has 1 unspecified atom stereocenters. The highest BCUT2D eigenvalue weighted by Crippen LogP contribution is 2.21. The van der Waals surface area contributed by atoms with E-state index in [2.05, 4.69) is 4.98 Å². The van der Waals surface area contributed by atoms with Crippen molar-refractivity contribution in [1.82, 2.24) is 9.88 Å². The van der Waals surface area contributed by atoms with Crippen molar-refractivity contribution >= 4 is 15.9 Å². The topological polar surface area (TPSA) is 93.4 Å². The number of nitrogens with zero attached hydrogens (tertiary/aromatic N) is 2. The zero-order chi connectivity index (χ0) is 16.3. The van der Waals surface area contributed by atoms with Crippen LogP contribution >= 0.6 is 0 Å². The van der Waals surface area contributed by atoms with Crippen molar-refractivity contribution in [3.05, 3.63) is 59.9 Å². The van der Waals surface area contributed by atoms with Crippen LogP contribution in [0.5, 0.6) is 0 Å². The summed E-state index contributed by atoms with van der Waals surface area (Å²) in [4.78, 5) is 17.9. The minimum atomic E-state index is -3.71. The third kappa shape index (κ3) is 3.49. The fraction of sp³-hybridized carbons (Fsp3) is 0.200. The van der Waals surface area contributed by atoms with E-state index in [1.54, 1.807) is 42.4 Å². The highest BCUT2D eigenvalue weighted by Gasteiger charge is 2.19. The van der Waals surface area contributed by atoms with Gasteiger partial charge in [0, 0.05) is 19.4 Å². The number of nitrogens with two attached hydrogens (primary N) is 1. The molecule has 1 aromatic heterocycles. The molecule has 0 aliphatic carbocycles. The smallest absolute Gasteiger partial charge is 0.255 e. The molecule has 22 heavy (non-hydrogen) atoms. The number of hydrogen-bond acceptors (Lipinski definition) is 4. The summed E-state index contributed by atoms with van der Waals surface area (Å²) < 4.78 is 22.5. The quantitative estimate of drug-likeness (QED) is 0.925. The van der Waals surface area contributed by atoms with E-state index in [1.165, 1.54) is 18.3 Å². The summed E-state index contributed by atoms with van der Waals surface area (Å²) >= 11 is 0. The van der Waals surface area contributed by atoms with E-state index in [1.807, 2.05) is 6.92 Å². The van der Waals surface area contributed by atoms with Gasteiger partial charge in [0.1, 0.15) is 0 Å². The van der Waals surface area contributed by atoms with Crippen molar-refractivity contribution < 1.29 is 13.2 Å². The van der Waals surface area contributed by atoms with Crippen LogP contribution in [0, 0.1) is 0 Å². The molecule has 0 saturated carbocycles. The van der Waals surface area contributed by atoms with E-state index in [9.17, 15) is 13.2 Å². The minimum Gasteiger partial charge on any atom is -0.335 e. The minimum absolute atomic E-state index is 0.0460. The fourth-order valence-electron chi connectivity index (χ4n) is 2.03. The van der Waals surface area contributed by atoms with Crippen molar-refractivity contribution in [3.63, 3.8) is 0 Å². The molecule has 0 spiro atoms. The Morgan fingerprint density at radius 3 is 2.36 bits per heavy atom. The third-order valence-electron chi connectivity index (χ3n) is 3.50. The Labute approximate surface area is 129 Å². The highest BCUT2D eigenvalue weighted by atomic mass is 32.2. The van der Waals surface area contributed by atoms with Gasteiger partial charge in [0.15, 0.2) is 0 Å². The second kappa shape index (κ2) is 6.25. The molecule has 0 saturated heterocycles. The Balaban J connectivity index is 2.20. The number of primary sulfonamides is 1. The van der Waals surface area contributed by atoms with Gasteiger partial charge in [0.2, 0.25) is 10.0 Å². The van der Waals surface area contributed by atoms with Crippen LogP contribution in [0.25, 0.3) is 0 Å². The average Bonchev–Trinajstić information content (AvgIpc) is 2.53. The number of amides is 1. The molecule has 1 aromatic carbocycles. The summed E-state index contributed by atoms with van der Waals surface area (Å²) in [5, 5.41) is 5.07. The van der Waals surface area contributed by atoms with Gasteiger partial charge in [-0.15, -0.1) is 0 Å². The summed E-state index contributed by atoms with van der Waals surface area (Å²) in [7, 11) is -2.03. The van der Waals surface area contributed by atoms with Gasteiger partial charge in [0.25, 0.3) is 5.91 Å². The van der Waals surface area contributed by atoms with Crippen molar-refractivity contribution in [2.75, 3.05) is 7.05 Å². The monoisotopic (exact) mass is 319 g/mol. The Bertz CT molecular complexity index is 758. The largest absolute Gasteiger partial charge is 0.335 e. The maximum Gasteiger partial charge on any atom is 0.255 e. The Morgan fingerprint density at radius 2 is 1.86 bits per heavy atom. The summed E-state index contributed by atoms with van der Waals surface area (Å²) in [6.45, 7) is 1.86. The Kier molecular flexibility index (Phi) is 4.58. The molecule has 2 rings (SSSR count). The SMILES string of the molecule is CC(c1ccc(S(N)(=O)=O)cc1)N(C)C(=O)c1cccnc1. The second-order valence-corrected chi connectivity index (χ2v) is 6.51. The van der Waals surface area contributed by atoms with Crippen LogP contribution in [0.1, 0.15) is 28.9 Å². The number of carbonyl (C=O) groups is 1. The predicted molar refractivity (Wildman–Crippen MR) is 82.6 cm³/mol. The Hall–Kier alpha value is -2.25. The number of pyridine rings is 1. The highest BCUT2D eigenvalue weighted by molar-refractivity contribution is 7.89. The van der Waals surface area contributed by atoms with Crippen molar-refractivity contribution in [2.45, 2.75) is 17.9 Å². The molecule has 1 heterocycles. The van der Waals surface area contributed by atoms with E-state index in [0.717, 1.165) is 5.56 Å². The van der Waals surface area contributed by atoms with Crippen molar-refractivity contribution in [1.29, 1.82) is 0 Å². The molecule has 7 heteroatoms. The number of rotatable bonds is 4. The van der Waals surface area contributed by atoms with Gasteiger partial charge in [0.05, 0.1) is 16.5 Å². The first-order valence-electron chi connectivity index (χ1n) is 6.60. The van der Waals surface area contributed by atoms with E-state index < -0.39 is 10.0 Å². The number of sulfonamides is 1. The van der Waals surface area contributed by atoms with Gasteiger partial charge in [-0.2, -0.15) is 0 Å². The zero-order valence-electron chi connectivity index (χ0n) is 12.3. The van der Waals surface area contributed by atoms with Crippen LogP contribution in [0.4, 0.5) is 0 Å². The first kappa shape index (κ1) is 16.1. The molecule has 1 atom stereocenters. The number of benzene rings is 1. The molecule has 6 nitrogen and oxygen atoms in total. The van der Waals surface area contributed by atoms with Crippen LogP contribution in [0.2, 0.25) is 0 Å². The molecule has 0 radical (unpaired) electrons. The van der Waals surface area contributed by atoms with E-state index in [4.69, 9.17) is 5.14 Å². The van der Waals surface area contributed by atoms with E-state index in [0.29, 0.717) is 5.56 Å². The lowest BCUT2D eigenvalue weighted by molar-refractivity contribution is 0.0742. The Morgan fingerprint density at radius 1 is 1.23 bits per heavy atom. The van der Waals surface area contributed by atoms with Crippen LogP contribution in [-0.4, -0.2) is 31.3 Å². The number of aromatic nitrogens is 1. The molecule has 2 N–H and O–H groups in total. The summed E-state index contributed by atoms with van der Waals surface area (Å²) in [5.41, 5.74) is 1.31. The standard InChI is InChI=1S/C15H17N3O3S/c1-11(12-5-7-14(8-6-12)22(16,20)21)18(2)15(19)13-4-3-9-17-10-13/h3-11H,1-2H3,(H2,16,20,21). The number of hydrogen-bond donors (Lipinski definition) is 1. The summed E-state index contributed by atoms with van der Waals surface area (Å²) in [5.74, 6) is -0.156. The lowest BCUT2D eigenvalue weighted by Gasteiger charge is -2.25. The molecule has 0 bridgehead atoms.